The fourth-order valence-corrected chi connectivity index (χ4v) is 5.27. The van der Waals surface area contributed by atoms with Gasteiger partial charge >= 0.3 is 0 Å². The van der Waals surface area contributed by atoms with E-state index < -0.39 is 0 Å². The number of hydrogen-bond donors (Lipinski definition) is 1. The van der Waals surface area contributed by atoms with Gasteiger partial charge in [-0.3, -0.25) is 9.69 Å². The van der Waals surface area contributed by atoms with E-state index in [-0.39, 0.29) is 29.8 Å². The highest BCUT2D eigenvalue weighted by Crippen LogP contribution is 2.43. The topological polar surface area (TPSA) is 83.0 Å². The third-order valence-electron chi connectivity index (χ3n) is 7.31. The number of piperidine rings is 1. The second-order valence-electron chi connectivity index (χ2n) is 9.75. The lowest BCUT2D eigenvalue weighted by molar-refractivity contribution is -0.132. The molecule has 2 atom stereocenters. The average Bonchev–Trinajstić information content (AvgIpc) is 3.55. The molecule has 9 heteroatoms. The number of likely N-dealkylation sites (tertiary alicyclic amines) is 1. The van der Waals surface area contributed by atoms with Crippen LogP contribution < -0.4 is 5.32 Å². The van der Waals surface area contributed by atoms with Gasteiger partial charge in [-0.15, -0.1) is 0 Å². The molecule has 194 valence electrons. The Bertz CT molecular complexity index is 1340. The van der Waals surface area contributed by atoms with Crippen LogP contribution in [0.1, 0.15) is 48.2 Å². The smallest absolute Gasteiger partial charge is 0.298 e. The van der Waals surface area contributed by atoms with Crippen LogP contribution in [0.4, 0.5) is 10.3 Å². The zero-order chi connectivity index (χ0) is 25.9. The van der Waals surface area contributed by atoms with E-state index in [2.05, 4.69) is 22.4 Å². The molecule has 38 heavy (non-hydrogen) atoms. The molecule has 2 unspecified atom stereocenters. The zero-order valence-electron chi connectivity index (χ0n) is 20.9. The van der Waals surface area contributed by atoms with E-state index in [4.69, 9.17) is 14.7 Å². The first kappa shape index (κ1) is 24.1. The van der Waals surface area contributed by atoms with Gasteiger partial charge < -0.3 is 15.0 Å². The van der Waals surface area contributed by atoms with Crippen LogP contribution in [0.5, 0.6) is 0 Å². The molecule has 3 aromatic rings. The van der Waals surface area contributed by atoms with Crippen molar-refractivity contribution < 1.29 is 13.9 Å². The van der Waals surface area contributed by atoms with Crippen LogP contribution in [0.2, 0.25) is 0 Å². The molecule has 0 saturated carbocycles. The number of halogens is 1. The van der Waals surface area contributed by atoms with Crippen LogP contribution in [0.25, 0.3) is 0 Å². The molecule has 1 saturated heterocycles. The Balaban J connectivity index is 1.09. The summed E-state index contributed by atoms with van der Waals surface area (Å²) in [4.78, 5) is 30.6. The summed E-state index contributed by atoms with van der Waals surface area (Å²) in [7, 11) is 0. The molecule has 6 rings (SSSR count). The van der Waals surface area contributed by atoms with Crippen LogP contribution in [0, 0.1) is 5.82 Å². The first-order valence-corrected chi connectivity index (χ1v) is 13.0. The number of aryl methyl sites for hydroxylation is 1. The van der Waals surface area contributed by atoms with Gasteiger partial charge in [-0.05, 0) is 48.6 Å². The van der Waals surface area contributed by atoms with E-state index in [1.165, 1.54) is 17.7 Å². The third kappa shape index (κ3) is 5.09. The van der Waals surface area contributed by atoms with Gasteiger partial charge in [0.2, 0.25) is 11.9 Å². The lowest BCUT2D eigenvalue weighted by Gasteiger charge is -2.32. The molecular weight excluding hydrogens is 483 g/mol. The Morgan fingerprint density at radius 1 is 1.05 bits per heavy atom. The average molecular weight is 513 g/mol. The number of rotatable bonds is 7. The van der Waals surface area contributed by atoms with Crippen LogP contribution in [0.3, 0.4) is 0 Å². The molecule has 3 aliphatic rings. The third-order valence-corrected chi connectivity index (χ3v) is 7.31. The number of carbonyl (C=O) groups excluding carboxylic acids is 1. The fraction of sp³-hybridized carbons (Fsp3) is 0.310. The maximum atomic E-state index is 13.5. The highest BCUT2D eigenvalue weighted by molar-refractivity contribution is 5.80. The van der Waals surface area contributed by atoms with Crippen LogP contribution in [-0.4, -0.2) is 50.8 Å². The summed E-state index contributed by atoms with van der Waals surface area (Å²) in [6, 6.07) is 18.5. The number of aromatic nitrogens is 2. The Kier molecular flexibility index (Phi) is 6.73. The van der Waals surface area contributed by atoms with Gasteiger partial charge in [-0.25, -0.2) is 19.4 Å². The number of nitrogens with zero attached hydrogens (tertiary/aromatic N) is 5. The van der Waals surface area contributed by atoms with E-state index in [9.17, 15) is 9.18 Å². The minimum absolute atomic E-state index is 0.182. The summed E-state index contributed by atoms with van der Waals surface area (Å²) < 4.78 is 19.1. The van der Waals surface area contributed by atoms with Crippen LogP contribution >= 0.6 is 0 Å². The highest BCUT2D eigenvalue weighted by atomic mass is 19.1. The number of hydrogen-bond acceptors (Lipinski definition) is 7. The minimum atomic E-state index is -0.288. The SMILES string of the molecule is O=C(CCc1ccccc1)N1CCC(Nc2nccc(C3C(c4ccc(F)cc4)N=C4OC=CN43)n2)CC1. The van der Waals surface area contributed by atoms with Gasteiger partial charge in [0.15, 0.2) is 0 Å². The number of amidine groups is 1. The van der Waals surface area contributed by atoms with E-state index in [1.54, 1.807) is 24.6 Å². The number of nitrogens with one attached hydrogen (secondary N) is 1. The second-order valence-corrected chi connectivity index (χ2v) is 9.75. The first-order chi connectivity index (χ1) is 18.6. The van der Waals surface area contributed by atoms with Gasteiger partial charge in [-0.2, -0.15) is 0 Å². The van der Waals surface area contributed by atoms with Gasteiger partial charge in [0.1, 0.15) is 24.2 Å². The number of carbonyl (C=O) groups is 1. The summed E-state index contributed by atoms with van der Waals surface area (Å²) in [5.41, 5.74) is 2.86. The van der Waals surface area contributed by atoms with Gasteiger partial charge in [0.25, 0.3) is 6.02 Å². The van der Waals surface area contributed by atoms with Crippen molar-refractivity contribution in [1.29, 1.82) is 0 Å². The van der Waals surface area contributed by atoms with E-state index in [1.807, 2.05) is 40.3 Å². The molecule has 3 aliphatic heterocycles. The van der Waals surface area contributed by atoms with Crippen molar-refractivity contribution in [2.24, 2.45) is 4.99 Å². The molecule has 4 heterocycles. The Hall–Kier alpha value is -4.27. The fourth-order valence-electron chi connectivity index (χ4n) is 5.27. The molecular formula is C29H29FN6O2. The number of benzene rings is 2. The van der Waals surface area contributed by atoms with Crippen molar-refractivity contribution in [3.05, 3.63) is 102 Å². The quantitative estimate of drug-likeness (QED) is 0.498. The lowest BCUT2D eigenvalue weighted by atomic mass is 9.97. The maximum Gasteiger partial charge on any atom is 0.298 e. The van der Waals surface area contributed by atoms with Gasteiger partial charge in [0.05, 0.1) is 5.69 Å². The number of fused-ring (bicyclic) bond motifs is 1. The first-order valence-electron chi connectivity index (χ1n) is 13.0. The normalized spacial score (nSPS) is 20.7. The second kappa shape index (κ2) is 10.6. The van der Waals surface area contributed by atoms with Gasteiger partial charge in [0, 0.05) is 37.9 Å². The molecule has 1 aromatic heterocycles. The van der Waals surface area contributed by atoms with Gasteiger partial charge in [-0.1, -0.05) is 42.5 Å². The van der Waals surface area contributed by atoms with Crippen LogP contribution in [-0.2, 0) is 16.0 Å². The molecule has 0 radical (unpaired) electrons. The molecule has 1 N–H and O–H groups in total. The molecule has 8 nitrogen and oxygen atoms in total. The van der Waals surface area contributed by atoms with E-state index in [0.717, 1.165) is 30.5 Å². The van der Waals surface area contributed by atoms with Crippen molar-refractivity contribution in [3.8, 4) is 0 Å². The largest absolute Gasteiger partial charge is 0.432 e. The maximum absolute atomic E-state index is 13.5. The monoisotopic (exact) mass is 512 g/mol. The predicted octanol–water partition coefficient (Wildman–Crippen LogP) is 4.61. The van der Waals surface area contributed by atoms with Crippen molar-refractivity contribution in [3.63, 3.8) is 0 Å². The standard InChI is InChI=1S/C29H29FN6O2/c30-22-9-7-21(8-10-22)26-27(36-18-19-38-29(36)34-26)24-12-15-31-28(33-24)32-23-13-16-35(17-14-23)25(37)11-6-20-4-2-1-3-5-20/h1-5,7-10,12,15,18-19,23,26-27H,6,11,13-14,16-17H2,(H,31,32,33). The summed E-state index contributed by atoms with van der Waals surface area (Å²) in [6.07, 6.45) is 8.15. The summed E-state index contributed by atoms with van der Waals surface area (Å²) in [5.74, 6) is 0.465. The molecule has 0 bridgehead atoms. The summed E-state index contributed by atoms with van der Waals surface area (Å²) in [6.45, 7) is 1.43. The Morgan fingerprint density at radius 3 is 2.63 bits per heavy atom. The number of amides is 1. The predicted molar refractivity (Wildman–Crippen MR) is 141 cm³/mol. The van der Waals surface area contributed by atoms with Crippen molar-refractivity contribution in [1.82, 2.24) is 19.8 Å². The minimum Gasteiger partial charge on any atom is -0.432 e. The number of aliphatic imine (C=N–C) groups is 1. The van der Waals surface area contributed by atoms with Crippen molar-refractivity contribution in [2.45, 2.75) is 43.8 Å². The zero-order valence-corrected chi connectivity index (χ0v) is 20.9. The molecule has 2 aromatic carbocycles. The number of anilines is 1. The van der Waals surface area contributed by atoms with E-state index >= 15 is 0 Å². The number of ether oxygens (including phenoxy) is 1. The van der Waals surface area contributed by atoms with Crippen molar-refractivity contribution in [2.75, 3.05) is 18.4 Å². The van der Waals surface area contributed by atoms with Crippen molar-refractivity contribution >= 4 is 17.9 Å². The van der Waals surface area contributed by atoms with Crippen LogP contribution in [0.15, 0.2) is 84.3 Å². The molecule has 1 fully saturated rings. The highest BCUT2D eigenvalue weighted by Gasteiger charge is 2.41. The molecule has 0 aliphatic carbocycles. The molecule has 0 spiro atoms. The summed E-state index contributed by atoms with van der Waals surface area (Å²) in [5, 5.41) is 3.47. The Morgan fingerprint density at radius 2 is 1.84 bits per heavy atom. The van der Waals surface area contributed by atoms with E-state index in [0.29, 0.717) is 31.5 Å². The lowest BCUT2D eigenvalue weighted by Crippen LogP contribution is -2.42. The summed E-state index contributed by atoms with van der Waals surface area (Å²) >= 11 is 0. The molecule has 1 amide bonds. The Labute approximate surface area is 220 Å².